The number of Topliss-reactive ketones (excluding diaryl/α,β-unsaturated/α-hetero) is 1. The smallest absolute Gasteiger partial charge is 0.303 e. The molecule has 0 bridgehead atoms. The van der Waals surface area contributed by atoms with Crippen molar-refractivity contribution in [1.82, 2.24) is 0 Å². The standard InChI is InChI=1S/C24H32O6.Cu/c1-13-9-16-17-6-8-24(29,20(28)12-30-14(2)25)23(17,4)11-19(27)21(16)22(3)7-5-15(26)10-18(13)22;/h5,7,10,13,16-17,19,21,27,29H,6,8-9,11-12H2,1-4H3;/t13-,16-,17-,19-,21+,22-,23-,24-;/m0./s1. The maximum absolute atomic E-state index is 12.9. The Labute approximate surface area is 194 Å². The molecule has 6 nitrogen and oxygen atoms in total. The molecule has 0 aromatic carbocycles. The van der Waals surface area contributed by atoms with E-state index in [2.05, 4.69) is 13.8 Å². The summed E-state index contributed by atoms with van der Waals surface area (Å²) in [5, 5.41) is 22.9. The van der Waals surface area contributed by atoms with Gasteiger partial charge in [-0.3, -0.25) is 14.4 Å². The molecule has 0 aliphatic heterocycles. The van der Waals surface area contributed by atoms with Crippen molar-refractivity contribution in [2.75, 3.05) is 6.61 Å². The van der Waals surface area contributed by atoms with Crippen LogP contribution in [0.1, 0.15) is 53.4 Å². The molecule has 31 heavy (non-hydrogen) atoms. The zero-order valence-electron chi connectivity index (χ0n) is 18.5. The van der Waals surface area contributed by atoms with Crippen LogP contribution in [0.25, 0.3) is 0 Å². The molecule has 4 aliphatic carbocycles. The zero-order valence-corrected chi connectivity index (χ0v) is 19.4. The van der Waals surface area contributed by atoms with Crippen LogP contribution in [-0.2, 0) is 36.2 Å². The zero-order chi connectivity index (χ0) is 22.1. The van der Waals surface area contributed by atoms with E-state index in [1.54, 1.807) is 12.2 Å². The number of allylic oxidation sites excluding steroid dienone is 4. The Balaban J connectivity index is 0.00000272. The van der Waals surface area contributed by atoms with Crippen LogP contribution in [0.4, 0.5) is 0 Å². The summed E-state index contributed by atoms with van der Waals surface area (Å²) in [6.07, 6.45) is 6.71. The topological polar surface area (TPSA) is 101 Å². The molecule has 4 rings (SSSR count). The van der Waals surface area contributed by atoms with Gasteiger partial charge >= 0.3 is 5.97 Å². The Bertz CT molecular complexity index is 864. The Morgan fingerprint density at radius 3 is 2.61 bits per heavy atom. The van der Waals surface area contributed by atoms with E-state index in [1.165, 1.54) is 6.92 Å². The molecule has 0 amide bonds. The second kappa shape index (κ2) is 7.95. The molecular weight excluding hydrogens is 448 g/mol. The number of carbonyl (C=O) groups excluding carboxylic acids is 3. The van der Waals surface area contributed by atoms with Gasteiger partial charge in [0.15, 0.2) is 12.4 Å². The van der Waals surface area contributed by atoms with Crippen LogP contribution in [0.5, 0.6) is 0 Å². The van der Waals surface area contributed by atoms with Gasteiger partial charge in [-0.2, -0.15) is 0 Å². The van der Waals surface area contributed by atoms with E-state index in [4.69, 9.17) is 4.74 Å². The van der Waals surface area contributed by atoms with Crippen LogP contribution in [0, 0.1) is 34.5 Å². The molecular formula is C24H32CuO6. The van der Waals surface area contributed by atoms with Crippen LogP contribution in [-0.4, -0.2) is 46.1 Å². The van der Waals surface area contributed by atoms with Gasteiger partial charge in [0.05, 0.1) is 6.10 Å². The number of esters is 1. The quantitative estimate of drug-likeness (QED) is 0.476. The van der Waals surface area contributed by atoms with Gasteiger partial charge in [0.1, 0.15) is 5.60 Å². The summed E-state index contributed by atoms with van der Waals surface area (Å²) in [6.45, 7) is 6.94. The van der Waals surface area contributed by atoms with E-state index >= 15 is 0 Å². The van der Waals surface area contributed by atoms with Gasteiger partial charge in [-0.05, 0) is 55.6 Å². The molecule has 0 spiro atoms. The minimum atomic E-state index is -1.61. The van der Waals surface area contributed by atoms with Gasteiger partial charge in [0.2, 0.25) is 5.78 Å². The summed E-state index contributed by atoms with van der Waals surface area (Å²) in [7, 11) is 0. The van der Waals surface area contributed by atoms with Crippen molar-refractivity contribution in [3.05, 3.63) is 23.8 Å². The Hall–Kier alpha value is -1.27. The van der Waals surface area contributed by atoms with Crippen molar-refractivity contribution in [3.8, 4) is 0 Å². The molecule has 0 unspecified atom stereocenters. The number of rotatable bonds is 3. The van der Waals surface area contributed by atoms with Crippen LogP contribution >= 0.6 is 0 Å². The number of hydrogen-bond acceptors (Lipinski definition) is 6. The minimum Gasteiger partial charge on any atom is -0.458 e. The molecule has 7 heteroatoms. The minimum absolute atomic E-state index is 0. The number of aliphatic hydroxyl groups excluding tert-OH is 1. The van der Waals surface area contributed by atoms with Gasteiger partial charge in [-0.1, -0.05) is 32.4 Å². The van der Waals surface area contributed by atoms with Crippen molar-refractivity contribution in [2.45, 2.75) is 65.1 Å². The van der Waals surface area contributed by atoms with Gasteiger partial charge in [-0.15, -0.1) is 0 Å². The molecule has 0 aromatic rings. The molecule has 0 saturated heterocycles. The van der Waals surface area contributed by atoms with E-state index in [0.29, 0.717) is 19.3 Å². The van der Waals surface area contributed by atoms with Crippen molar-refractivity contribution in [3.63, 3.8) is 0 Å². The van der Waals surface area contributed by atoms with E-state index in [9.17, 15) is 24.6 Å². The second-order valence-electron chi connectivity index (χ2n) is 10.3. The van der Waals surface area contributed by atoms with Crippen molar-refractivity contribution in [2.24, 2.45) is 34.5 Å². The fourth-order valence-corrected chi connectivity index (χ4v) is 7.50. The summed E-state index contributed by atoms with van der Waals surface area (Å²) in [6, 6.07) is 0. The monoisotopic (exact) mass is 479 g/mol. The van der Waals surface area contributed by atoms with E-state index in [0.717, 1.165) is 12.0 Å². The van der Waals surface area contributed by atoms with E-state index < -0.39 is 40.9 Å². The number of aliphatic hydroxyl groups is 2. The summed E-state index contributed by atoms with van der Waals surface area (Å²) >= 11 is 0. The molecule has 2 N–H and O–H groups in total. The number of carbonyl (C=O) groups is 3. The first-order chi connectivity index (χ1) is 13.9. The first kappa shape index (κ1) is 24.4. The summed E-state index contributed by atoms with van der Waals surface area (Å²) in [5.74, 6) is -0.712. The number of ketones is 2. The van der Waals surface area contributed by atoms with Gasteiger partial charge in [0.25, 0.3) is 0 Å². The average Bonchev–Trinajstić information content (AvgIpc) is 2.93. The Kier molecular flexibility index (Phi) is 6.25. The third-order valence-corrected chi connectivity index (χ3v) is 8.84. The number of fused-ring (bicyclic) bond motifs is 5. The van der Waals surface area contributed by atoms with Crippen LogP contribution in [0.3, 0.4) is 0 Å². The van der Waals surface area contributed by atoms with E-state index in [1.807, 2.05) is 13.0 Å². The summed E-state index contributed by atoms with van der Waals surface area (Å²) in [4.78, 5) is 36.1. The summed E-state index contributed by atoms with van der Waals surface area (Å²) < 4.78 is 4.89. The molecule has 1 radical (unpaired) electrons. The van der Waals surface area contributed by atoms with Crippen molar-refractivity contribution in [1.29, 1.82) is 0 Å². The Morgan fingerprint density at radius 2 is 1.97 bits per heavy atom. The summed E-state index contributed by atoms with van der Waals surface area (Å²) in [5.41, 5.74) is -1.72. The molecule has 0 heterocycles. The van der Waals surface area contributed by atoms with Crippen molar-refractivity contribution >= 4 is 17.5 Å². The SMILES string of the molecule is CC(=O)OCC(=O)[C@@]1(O)CC[C@H]2[C@@H]3C[C@H](C)C4=CC(=O)C=C[C@]4(C)[C@H]3[C@@H](O)C[C@@]21C.[Cu]. The third-order valence-electron chi connectivity index (χ3n) is 8.84. The van der Waals surface area contributed by atoms with Crippen molar-refractivity contribution < 1.29 is 46.4 Å². The van der Waals surface area contributed by atoms with Crippen LogP contribution in [0.2, 0.25) is 0 Å². The second-order valence-corrected chi connectivity index (χ2v) is 10.3. The third kappa shape index (κ3) is 3.40. The number of ether oxygens (including phenoxy) is 1. The predicted octanol–water partition coefficient (Wildman–Crippen LogP) is 2.37. The van der Waals surface area contributed by atoms with E-state index in [-0.39, 0.29) is 46.5 Å². The molecule has 3 fully saturated rings. The fourth-order valence-electron chi connectivity index (χ4n) is 7.50. The average molecular weight is 480 g/mol. The van der Waals surface area contributed by atoms with Gasteiger partial charge < -0.3 is 14.9 Å². The van der Waals surface area contributed by atoms with Gasteiger partial charge in [-0.25, -0.2) is 0 Å². The fraction of sp³-hybridized carbons (Fsp3) is 0.708. The van der Waals surface area contributed by atoms with Gasteiger partial charge in [0, 0.05) is 40.7 Å². The first-order valence-corrected chi connectivity index (χ1v) is 11.0. The largest absolute Gasteiger partial charge is 0.458 e. The molecule has 8 atom stereocenters. The molecule has 4 aliphatic rings. The van der Waals surface area contributed by atoms with Crippen LogP contribution in [0.15, 0.2) is 23.8 Å². The number of hydrogen-bond donors (Lipinski definition) is 2. The first-order valence-electron chi connectivity index (χ1n) is 11.0. The Morgan fingerprint density at radius 1 is 1.29 bits per heavy atom. The maximum Gasteiger partial charge on any atom is 0.303 e. The molecule has 0 aromatic heterocycles. The normalized spacial score (nSPS) is 45.5. The molecule has 3 saturated carbocycles. The predicted molar refractivity (Wildman–Crippen MR) is 109 cm³/mol. The molecule has 175 valence electrons. The van der Waals surface area contributed by atoms with Crippen LogP contribution < -0.4 is 0 Å². The maximum atomic E-state index is 12.9.